The third-order valence-electron chi connectivity index (χ3n) is 4.63. The van der Waals surface area contributed by atoms with Crippen molar-refractivity contribution in [2.45, 2.75) is 38.1 Å². The van der Waals surface area contributed by atoms with Gasteiger partial charge in [0.15, 0.2) is 0 Å². The number of rotatable bonds is 9. The van der Waals surface area contributed by atoms with Crippen molar-refractivity contribution in [3.05, 3.63) is 29.8 Å². The molecule has 1 aromatic rings. The predicted molar refractivity (Wildman–Crippen MR) is 97.1 cm³/mol. The van der Waals surface area contributed by atoms with Crippen LogP contribution in [0, 0.1) is 5.92 Å². The first kappa shape index (κ1) is 18.7. The Hall–Kier alpha value is -1.59. The van der Waals surface area contributed by atoms with E-state index in [9.17, 15) is 4.79 Å². The van der Waals surface area contributed by atoms with Gasteiger partial charge in [0.25, 0.3) is 0 Å². The Morgan fingerprint density at radius 2 is 2.04 bits per heavy atom. The van der Waals surface area contributed by atoms with Crippen LogP contribution in [0.2, 0.25) is 0 Å². The summed E-state index contributed by atoms with van der Waals surface area (Å²) in [6, 6.07) is 8.30. The smallest absolute Gasteiger partial charge is 0.220 e. The second-order valence-electron chi connectivity index (χ2n) is 6.95. The zero-order valence-corrected chi connectivity index (χ0v) is 15.0. The molecule has 0 heterocycles. The van der Waals surface area contributed by atoms with Gasteiger partial charge in [0.05, 0.1) is 0 Å². The van der Waals surface area contributed by atoms with Crippen molar-refractivity contribution in [2.24, 2.45) is 11.7 Å². The molecule has 134 valence electrons. The van der Waals surface area contributed by atoms with E-state index in [2.05, 4.69) is 22.3 Å². The van der Waals surface area contributed by atoms with Gasteiger partial charge in [0, 0.05) is 25.6 Å². The third-order valence-corrected chi connectivity index (χ3v) is 4.63. The molecule has 5 nitrogen and oxygen atoms in total. The van der Waals surface area contributed by atoms with Crippen molar-refractivity contribution in [1.29, 1.82) is 0 Å². The molecule has 0 spiro atoms. The molecule has 0 bridgehead atoms. The summed E-state index contributed by atoms with van der Waals surface area (Å²) < 4.78 is 5.68. The predicted octanol–water partition coefficient (Wildman–Crippen LogP) is 1.80. The zero-order valence-electron chi connectivity index (χ0n) is 15.0. The van der Waals surface area contributed by atoms with Gasteiger partial charge in [-0.3, -0.25) is 4.79 Å². The van der Waals surface area contributed by atoms with Crippen LogP contribution in [0.5, 0.6) is 5.75 Å². The van der Waals surface area contributed by atoms with Crippen LogP contribution in [0.25, 0.3) is 0 Å². The van der Waals surface area contributed by atoms with E-state index >= 15 is 0 Å². The summed E-state index contributed by atoms with van der Waals surface area (Å²) in [7, 11) is 4.06. The Labute approximate surface area is 145 Å². The normalized spacial score (nSPS) is 20.3. The first-order valence-electron chi connectivity index (χ1n) is 8.93. The van der Waals surface area contributed by atoms with Crippen molar-refractivity contribution >= 4 is 5.91 Å². The molecule has 1 amide bonds. The summed E-state index contributed by atoms with van der Waals surface area (Å²) in [6.45, 7) is 2.26. The molecule has 0 unspecified atom stereocenters. The van der Waals surface area contributed by atoms with Crippen molar-refractivity contribution in [2.75, 3.05) is 33.8 Å². The minimum Gasteiger partial charge on any atom is -0.492 e. The van der Waals surface area contributed by atoms with Gasteiger partial charge in [-0.2, -0.15) is 0 Å². The van der Waals surface area contributed by atoms with Gasteiger partial charge in [-0.25, -0.2) is 0 Å². The Balaban J connectivity index is 1.64. The lowest BCUT2D eigenvalue weighted by atomic mass is 10.00. The molecule has 5 heteroatoms. The maximum Gasteiger partial charge on any atom is 0.220 e. The Kier molecular flexibility index (Phi) is 7.53. The van der Waals surface area contributed by atoms with E-state index < -0.39 is 0 Å². The molecule has 1 fully saturated rings. The number of carbonyl (C=O) groups is 1. The summed E-state index contributed by atoms with van der Waals surface area (Å²) in [4.78, 5) is 14.1. The molecular formula is C19H31N3O2. The molecule has 1 aliphatic rings. The molecule has 0 aliphatic heterocycles. The van der Waals surface area contributed by atoms with Crippen LogP contribution in [0.4, 0.5) is 0 Å². The van der Waals surface area contributed by atoms with Gasteiger partial charge < -0.3 is 20.7 Å². The van der Waals surface area contributed by atoms with Crippen LogP contribution in [-0.2, 0) is 11.2 Å². The highest BCUT2D eigenvalue weighted by atomic mass is 16.5. The van der Waals surface area contributed by atoms with Gasteiger partial charge in [0.2, 0.25) is 5.91 Å². The van der Waals surface area contributed by atoms with E-state index in [0.717, 1.165) is 38.0 Å². The highest BCUT2D eigenvalue weighted by molar-refractivity contribution is 5.76. The number of nitrogens with zero attached hydrogens (tertiary/aromatic N) is 1. The summed E-state index contributed by atoms with van der Waals surface area (Å²) >= 11 is 0. The molecule has 24 heavy (non-hydrogen) atoms. The lowest BCUT2D eigenvalue weighted by Gasteiger charge is -2.14. The van der Waals surface area contributed by atoms with E-state index in [1.165, 1.54) is 5.56 Å². The van der Waals surface area contributed by atoms with Gasteiger partial charge in [-0.15, -0.1) is 0 Å². The average molecular weight is 333 g/mol. The van der Waals surface area contributed by atoms with Gasteiger partial charge in [-0.1, -0.05) is 18.6 Å². The molecule has 2 rings (SSSR count). The largest absolute Gasteiger partial charge is 0.492 e. The molecule has 1 saturated carbocycles. The topological polar surface area (TPSA) is 67.6 Å². The van der Waals surface area contributed by atoms with Crippen LogP contribution < -0.4 is 15.8 Å². The molecule has 1 aromatic carbocycles. The first-order chi connectivity index (χ1) is 11.5. The highest BCUT2D eigenvalue weighted by Gasteiger charge is 2.25. The molecule has 3 N–H and O–H groups in total. The second-order valence-corrected chi connectivity index (χ2v) is 6.95. The van der Waals surface area contributed by atoms with Crippen LogP contribution in [0.1, 0.15) is 31.2 Å². The van der Waals surface area contributed by atoms with Crippen molar-refractivity contribution in [1.82, 2.24) is 10.2 Å². The summed E-state index contributed by atoms with van der Waals surface area (Å²) in [5, 5.41) is 3.01. The fraction of sp³-hybridized carbons (Fsp3) is 0.632. The Morgan fingerprint density at radius 1 is 1.29 bits per heavy atom. The maximum absolute atomic E-state index is 12.0. The van der Waals surface area contributed by atoms with E-state index in [4.69, 9.17) is 10.5 Å². The average Bonchev–Trinajstić information content (AvgIpc) is 2.93. The lowest BCUT2D eigenvalue weighted by Crippen LogP contribution is -2.32. The molecule has 2 atom stereocenters. The van der Waals surface area contributed by atoms with Crippen LogP contribution in [0.3, 0.4) is 0 Å². The third kappa shape index (κ3) is 6.49. The van der Waals surface area contributed by atoms with Crippen LogP contribution in [0.15, 0.2) is 24.3 Å². The maximum atomic E-state index is 12.0. The van der Waals surface area contributed by atoms with E-state index in [1.54, 1.807) is 0 Å². The number of hydrogen-bond donors (Lipinski definition) is 2. The number of ether oxygens (including phenoxy) is 1. The molecular weight excluding hydrogens is 302 g/mol. The standard InChI is InChI=1S/C19H31N3O2/c1-22(2)12-13-24-17-8-6-15(7-9-17)10-11-21-19(23)14-16-4-3-5-18(16)20/h6-9,16,18H,3-5,10-14,20H2,1-2H3,(H,21,23)/t16-,18+/m0/s1. The number of nitrogens with two attached hydrogens (primary N) is 1. The fourth-order valence-electron chi connectivity index (χ4n) is 3.07. The van der Waals surface area contributed by atoms with E-state index in [1.807, 2.05) is 26.2 Å². The minimum absolute atomic E-state index is 0.126. The Morgan fingerprint density at radius 3 is 2.67 bits per heavy atom. The number of nitrogens with one attached hydrogen (secondary N) is 1. The first-order valence-corrected chi connectivity index (χ1v) is 8.93. The number of carbonyl (C=O) groups excluding carboxylic acids is 1. The lowest BCUT2D eigenvalue weighted by molar-refractivity contribution is -0.122. The summed E-state index contributed by atoms with van der Waals surface area (Å²) in [5.74, 6) is 1.38. The summed E-state index contributed by atoms with van der Waals surface area (Å²) in [5.41, 5.74) is 7.22. The van der Waals surface area contributed by atoms with Crippen LogP contribution >= 0.6 is 0 Å². The van der Waals surface area contributed by atoms with Crippen LogP contribution in [-0.4, -0.2) is 50.6 Å². The number of hydrogen-bond acceptors (Lipinski definition) is 4. The van der Waals surface area contributed by atoms with Crippen molar-refractivity contribution < 1.29 is 9.53 Å². The van der Waals surface area contributed by atoms with E-state index in [-0.39, 0.29) is 11.9 Å². The molecule has 0 radical (unpaired) electrons. The summed E-state index contributed by atoms with van der Waals surface area (Å²) in [6.07, 6.45) is 4.70. The van der Waals surface area contributed by atoms with Gasteiger partial charge >= 0.3 is 0 Å². The molecule has 0 aromatic heterocycles. The van der Waals surface area contributed by atoms with Gasteiger partial charge in [-0.05, 0) is 57.0 Å². The Bertz CT molecular complexity index is 502. The molecule has 0 saturated heterocycles. The van der Waals surface area contributed by atoms with Gasteiger partial charge in [0.1, 0.15) is 12.4 Å². The fourth-order valence-corrected chi connectivity index (χ4v) is 3.07. The second kappa shape index (κ2) is 9.64. The SMILES string of the molecule is CN(C)CCOc1ccc(CCNC(=O)C[C@@H]2CCC[C@H]2N)cc1. The monoisotopic (exact) mass is 333 g/mol. The quantitative estimate of drug-likeness (QED) is 0.723. The minimum atomic E-state index is 0.126. The van der Waals surface area contributed by atoms with Crippen molar-refractivity contribution in [3.63, 3.8) is 0 Å². The number of likely N-dealkylation sites (N-methyl/N-ethyl adjacent to an activating group) is 1. The number of amides is 1. The zero-order chi connectivity index (χ0) is 17.4. The van der Waals surface area contributed by atoms with Crippen molar-refractivity contribution in [3.8, 4) is 5.75 Å². The number of benzene rings is 1. The molecule has 1 aliphatic carbocycles. The van der Waals surface area contributed by atoms with E-state index in [0.29, 0.717) is 25.5 Å². The highest BCUT2D eigenvalue weighted by Crippen LogP contribution is 2.26.